The Morgan fingerprint density at radius 3 is 2.75 bits per heavy atom. The number of alkyl halides is 3. The van der Waals surface area contributed by atoms with E-state index in [4.69, 9.17) is 0 Å². The molecule has 7 heteroatoms. The van der Waals surface area contributed by atoms with Crippen molar-refractivity contribution in [3.05, 3.63) is 18.0 Å². The Hall–Kier alpha value is -1.53. The molecule has 24 heavy (non-hydrogen) atoms. The van der Waals surface area contributed by atoms with Crippen LogP contribution in [0.15, 0.2) is 12.4 Å². The molecule has 3 rings (SSSR count). The average Bonchev–Trinajstić information content (AvgIpc) is 3.15. The van der Waals surface area contributed by atoms with E-state index < -0.39 is 18.0 Å². The lowest BCUT2D eigenvalue weighted by molar-refractivity contribution is -0.187. The standard InChI is InChI=1S/C17H24F3N3O/c1-12-9-21-22(10-12)11-15-6-3-7-23(15)16(24)13-4-2-5-14(8-13)17(18,19)20/h9-10,13-15H,2-8,11H2,1H3/t13-,14-,15-/m0/s1. The molecular formula is C17H24F3N3O. The van der Waals surface area contributed by atoms with Crippen LogP contribution in [0.3, 0.4) is 0 Å². The maximum Gasteiger partial charge on any atom is 0.391 e. The molecule has 2 aliphatic rings. The number of carbonyl (C=O) groups excluding carboxylic acids is 1. The van der Waals surface area contributed by atoms with Gasteiger partial charge in [-0.05, 0) is 44.6 Å². The first kappa shape index (κ1) is 17.3. The van der Waals surface area contributed by atoms with Gasteiger partial charge in [0, 0.05) is 18.7 Å². The molecule has 2 heterocycles. The van der Waals surface area contributed by atoms with Crippen molar-refractivity contribution in [3.63, 3.8) is 0 Å². The zero-order valence-corrected chi connectivity index (χ0v) is 13.9. The smallest absolute Gasteiger partial charge is 0.338 e. The fourth-order valence-corrected chi connectivity index (χ4v) is 4.04. The molecule has 2 fully saturated rings. The van der Waals surface area contributed by atoms with Crippen LogP contribution in [0, 0.1) is 18.8 Å². The third-order valence-corrected chi connectivity index (χ3v) is 5.31. The summed E-state index contributed by atoms with van der Waals surface area (Å²) in [5.74, 6) is -1.89. The van der Waals surface area contributed by atoms with Crippen LogP contribution in [0.4, 0.5) is 13.2 Å². The number of carbonyl (C=O) groups is 1. The van der Waals surface area contributed by atoms with Gasteiger partial charge in [-0.3, -0.25) is 9.48 Å². The number of aromatic nitrogens is 2. The minimum atomic E-state index is -4.18. The highest BCUT2D eigenvalue weighted by Crippen LogP contribution is 2.41. The molecule has 0 spiro atoms. The van der Waals surface area contributed by atoms with E-state index in [1.54, 1.807) is 11.1 Å². The zero-order chi connectivity index (χ0) is 17.3. The number of likely N-dealkylation sites (tertiary alicyclic amines) is 1. The Morgan fingerprint density at radius 2 is 2.08 bits per heavy atom. The van der Waals surface area contributed by atoms with Crippen molar-refractivity contribution in [1.29, 1.82) is 0 Å². The van der Waals surface area contributed by atoms with Gasteiger partial charge in [0.05, 0.1) is 24.7 Å². The Bertz CT molecular complexity index is 584. The fraction of sp³-hybridized carbons (Fsp3) is 0.765. The molecule has 134 valence electrons. The first-order valence-electron chi connectivity index (χ1n) is 8.71. The second kappa shape index (κ2) is 6.76. The molecule has 1 aromatic heterocycles. The summed E-state index contributed by atoms with van der Waals surface area (Å²) in [6.45, 7) is 3.23. The van der Waals surface area contributed by atoms with Crippen molar-refractivity contribution in [2.75, 3.05) is 6.54 Å². The monoisotopic (exact) mass is 343 g/mol. The van der Waals surface area contributed by atoms with Gasteiger partial charge < -0.3 is 4.90 Å². The summed E-state index contributed by atoms with van der Waals surface area (Å²) in [6, 6.07) is 0.0445. The number of nitrogens with zero attached hydrogens (tertiary/aromatic N) is 3. The molecule has 0 unspecified atom stereocenters. The van der Waals surface area contributed by atoms with E-state index in [0.717, 1.165) is 18.4 Å². The average molecular weight is 343 g/mol. The number of halogens is 3. The summed E-state index contributed by atoms with van der Waals surface area (Å²) in [6.07, 6.45) is 2.49. The van der Waals surface area contributed by atoms with Crippen LogP contribution in [0.5, 0.6) is 0 Å². The molecule has 3 atom stereocenters. The van der Waals surface area contributed by atoms with Crippen molar-refractivity contribution in [2.45, 2.75) is 64.2 Å². The van der Waals surface area contributed by atoms with Crippen molar-refractivity contribution in [2.24, 2.45) is 11.8 Å². The predicted octanol–water partition coefficient (Wildman–Crippen LogP) is 3.55. The molecule has 0 bridgehead atoms. The van der Waals surface area contributed by atoms with Gasteiger partial charge in [0.25, 0.3) is 0 Å². The van der Waals surface area contributed by atoms with E-state index in [9.17, 15) is 18.0 Å². The molecule has 1 saturated heterocycles. The molecule has 1 aliphatic carbocycles. The fourth-order valence-electron chi connectivity index (χ4n) is 4.04. The number of hydrogen-bond donors (Lipinski definition) is 0. The summed E-state index contributed by atoms with van der Waals surface area (Å²) < 4.78 is 40.8. The van der Waals surface area contributed by atoms with E-state index in [1.807, 2.05) is 17.8 Å². The third-order valence-electron chi connectivity index (χ3n) is 5.31. The summed E-state index contributed by atoms with van der Waals surface area (Å²) in [5, 5.41) is 4.26. The molecule has 4 nitrogen and oxygen atoms in total. The number of hydrogen-bond acceptors (Lipinski definition) is 2. The summed E-state index contributed by atoms with van der Waals surface area (Å²) in [7, 11) is 0. The highest BCUT2D eigenvalue weighted by Gasteiger charge is 2.45. The lowest BCUT2D eigenvalue weighted by Gasteiger charge is -2.34. The molecule has 0 radical (unpaired) electrons. The maximum atomic E-state index is 13.0. The zero-order valence-electron chi connectivity index (χ0n) is 13.9. The van der Waals surface area contributed by atoms with Crippen LogP contribution < -0.4 is 0 Å². The third kappa shape index (κ3) is 3.75. The number of rotatable bonds is 3. The van der Waals surface area contributed by atoms with Gasteiger partial charge in [-0.15, -0.1) is 0 Å². The van der Waals surface area contributed by atoms with E-state index in [2.05, 4.69) is 5.10 Å². The van der Waals surface area contributed by atoms with Gasteiger partial charge in [-0.25, -0.2) is 0 Å². The van der Waals surface area contributed by atoms with Crippen molar-refractivity contribution in [1.82, 2.24) is 14.7 Å². The van der Waals surface area contributed by atoms with Crippen LogP contribution in [-0.2, 0) is 11.3 Å². The second-order valence-electron chi connectivity index (χ2n) is 7.17. The maximum absolute atomic E-state index is 13.0. The number of amides is 1. The highest BCUT2D eigenvalue weighted by atomic mass is 19.4. The van der Waals surface area contributed by atoms with Crippen molar-refractivity contribution < 1.29 is 18.0 Å². The predicted molar refractivity (Wildman–Crippen MR) is 83.2 cm³/mol. The van der Waals surface area contributed by atoms with E-state index in [-0.39, 0.29) is 24.8 Å². The Morgan fingerprint density at radius 1 is 1.29 bits per heavy atom. The molecule has 1 amide bonds. The van der Waals surface area contributed by atoms with E-state index >= 15 is 0 Å². The molecule has 0 N–H and O–H groups in total. The number of aryl methyl sites for hydroxylation is 1. The summed E-state index contributed by atoms with van der Waals surface area (Å²) in [5.41, 5.74) is 1.06. The lowest BCUT2D eigenvalue weighted by atomic mass is 9.80. The van der Waals surface area contributed by atoms with Gasteiger partial charge in [-0.1, -0.05) is 6.42 Å². The van der Waals surface area contributed by atoms with Crippen LogP contribution in [-0.4, -0.2) is 39.4 Å². The topological polar surface area (TPSA) is 38.1 Å². The normalized spacial score (nSPS) is 28.3. The molecular weight excluding hydrogens is 319 g/mol. The summed E-state index contributed by atoms with van der Waals surface area (Å²) >= 11 is 0. The van der Waals surface area contributed by atoms with Gasteiger partial charge in [0.2, 0.25) is 5.91 Å². The minimum Gasteiger partial charge on any atom is -0.338 e. The lowest BCUT2D eigenvalue weighted by Crippen LogP contribution is -2.44. The quantitative estimate of drug-likeness (QED) is 0.842. The Labute approximate surface area is 140 Å². The first-order valence-corrected chi connectivity index (χ1v) is 8.71. The largest absolute Gasteiger partial charge is 0.391 e. The minimum absolute atomic E-state index is 0.0445. The van der Waals surface area contributed by atoms with Gasteiger partial charge in [0.15, 0.2) is 0 Å². The van der Waals surface area contributed by atoms with E-state index in [0.29, 0.717) is 25.9 Å². The first-order chi connectivity index (χ1) is 11.3. The molecule has 1 aromatic rings. The molecule has 1 saturated carbocycles. The van der Waals surface area contributed by atoms with E-state index in [1.165, 1.54) is 0 Å². The summed E-state index contributed by atoms with van der Waals surface area (Å²) in [4.78, 5) is 14.6. The van der Waals surface area contributed by atoms with Crippen LogP contribution in [0.2, 0.25) is 0 Å². The molecule has 0 aromatic carbocycles. The van der Waals surface area contributed by atoms with Crippen LogP contribution in [0.1, 0.15) is 44.1 Å². The van der Waals surface area contributed by atoms with Crippen LogP contribution >= 0.6 is 0 Å². The Balaban J connectivity index is 1.64. The SMILES string of the molecule is Cc1cnn(C[C@@H]2CCCN2C(=O)[C@H]2CCC[C@H](C(F)(F)F)C2)c1. The Kier molecular flexibility index (Phi) is 4.88. The van der Waals surface area contributed by atoms with Crippen molar-refractivity contribution >= 4 is 5.91 Å². The molecule has 1 aliphatic heterocycles. The second-order valence-corrected chi connectivity index (χ2v) is 7.17. The van der Waals surface area contributed by atoms with Gasteiger partial charge in [0.1, 0.15) is 0 Å². The van der Waals surface area contributed by atoms with Crippen LogP contribution in [0.25, 0.3) is 0 Å². The van der Waals surface area contributed by atoms with Gasteiger partial charge >= 0.3 is 6.18 Å². The van der Waals surface area contributed by atoms with Crippen molar-refractivity contribution in [3.8, 4) is 0 Å². The van der Waals surface area contributed by atoms with Gasteiger partial charge in [-0.2, -0.15) is 18.3 Å². The highest BCUT2D eigenvalue weighted by molar-refractivity contribution is 5.79.